The van der Waals surface area contributed by atoms with Gasteiger partial charge in [0.25, 0.3) is 0 Å². The minimum Gasteiger partial charge on any atom is -0.477 e. The third kappa shape index (κ3) is 2.62. The maximum atomic E-state index is 14.2. The van der Waals surface area contributed by atoms with Gasteiger partial charge in [-0.2, -0.15) is 10.1 Å². The summed E-state index contributed by atoms with van der Waals surface area (Å²) in [5.74, 6) is -0.269. The SMILES string of the molecule is CC12CCOc3nc(-c4nn(Cc5ccccc5F)c5ncc(F)cc45)nc(c31)NC2=O. The Morgan fingerprint density at radius 1 is 1.25 bits per heavy atom. The number of ether oxygens (including phenoxy) is 1. The van der Waals surface area contributed by atoms with E-state index in [0.29, 0.717) is 46.9 Å². The van der Waals surface area contributed by atoms with Crippen molar-refractivity contribution >= 4 is 22.8 Å². The number of pyridine rings is 1. The first-order chi connectivity index (χ1) is 15.4. The molecule has 0 fully saturated rings. The van der Waals surface area contributed by atoms with Gasteiger partial charge in [0.15, 0.2) is 11.5 Å². The van der Waals surface area contributed by atoms with Gasteiger partial charge in [-0.05, 0) is 19.1 Å². The van der Waals surface area contributed by atoms with E-state index in [-0.39, 0.29) is 29.8 Å². The number of fused-ring (bicyclic) bond motifs is 1. The largest absolute Gasteiger partial charge is 0.477 e. The van der Waals surface area contributed by atoms with E-state index in [0.717, 1.165) is 6.20 Å². The lowest BCUT2D eigenvalue weighted by atomic mass is 9.81. The number of halogens is 2. The van der Waals surface area contributed by atoms with Crippen LogP contribution in [-0.2, 0) is 16.8 Å². The second-order valence-electron chi connectivity index (χ2n) is 8.08. The van der Waals surface area contributed by atoms with E-state index in [4.69, 9.17) is 4.74 Å². The van der Waals surface area contributed by atoms with Gasteiger partial charge in [-0.3, -0.25) is 4.79 Å². The Labute approximate surface area is 180 Å². The molecule has 1 amide bonds. The van der Waals surface area contributed by atoms with Gasteiger partial charge in [-0.15, -0.1) is 0 Å². The van der Waals surface area contributed by atoms with Crippen LogP contribution in [0, 0.1) is 11.6 Å². The van der Waals surface area contributed by atoms with E-state index in [9.17, 15) is 13.6 Å². The zero-order chi connectivity index (χ0) is 22.0. The first kappa shape index (κ1) is 18.8. The Morgan fingerprint density at radius 2 is 2.09 bits per heavy atom. The van der Waals surface area contributed by atoms with Crippen molar-refractivity contribution in [3.05, 3.63) is 59.3 Å². The second kappa shape index (κ2) is 6.52. The topological polar surface area (TPSA) is 94.8 Å². The lowest BCUT2D eigenvalue weighted by Crippen LogP contribution is -2.35. The molecule has 32 heavy (non-hydrogen) atoms. The number of carbonyl (C=O) groups excluding carboxylic acids is 1. The number of rotatable bonds is 3. The molecular weight excluding hydrogens is 418 g/mol. The number of nitrogens with one attached hydrogen (secondary N) is 1. The van der Waals surface area contributed by atoms with Crippen molar-refractivity contribution in [2.75, 3.05) is 11.9 Å². The van der Waals surface area contributed by atoms with Crippen LogP contribution in [0.3, 0.4) is 0 Å². The highest BCUT2D eigenvalue weighted by molar-refractivity contribution is 6.06. The van der Waals surface area contributed by atoms with Gasteiger partial charge in [0.1, 0.15) is 23.1 Å². The normalized spacial score (nSPS) is 19.0. The molecule has 3 aromatic heterocycles. The van der Waals surface area contributed by atoms with Crippen LogP contribution in [0.5, 0.6) is 5.88 Å². The molecule has 160 valence electrons. The Balaban J connectivity index is 1.54. The van der Waals surface area contributed by atoms with Crippen molar-refractivity contribution in [1.82, 2.24) is 24.7 Å². The van der Waals surface area contributed by atoms with Crippen LogP contribution < -0.4 is 10.1 Å². The molecule has 0 spiro atoms. The molecule has 6 rings (SSSR count). The molecule has 5 heterocycles. The highest BCUT2D eigenvalue weighted by Gasteiger charge is 2.49. The van der Waals surface area contributed by atoms with E-state index in [1.807, 2.05) is 6.92 Å². The summed E-state index contributed by atoms with van der Waals surface area (Å²) in [6.45, 7) is 2.26. The van der Waals surface area contributed by atoms with Crippen LogP contribution >= 0.6 is 0 Å². The Kier molecular flexibility index (Phi) is 3.83. The fourth-order valence-corrected chi connectivity index (χ4v) is 4.29. The monoisotopic (exact) mass is 434 g/mol. The number of hydrogen-bond donors (Lipinski definition) is 1. The number of hydrogen-bond acceptors (Lipinski definition) is 6. The van der Waals surface area contributed by atoms with Crippen molar-refractivity contribution in [3.63, 3.8) is 0 Å². The number of aromatic nitrogens is 5. The van der Waals surface area contributed by atoms with Gasteiger partial charge in [-0.1, -0.05) is 18.2 Å². The Bertz CT molecular complexity index is 1440. The summed E-state index contributed by atoms with van der Waals surface area (Å²) < 4.78 is 35.5. The third-order valence-electron chi connectivity index (χ3n) is 6.04. The summed E-state index contributed by atoms with van der Waals surface area (Å²) in [6, 6.07) is 7.62. The maximum absolute atomic E-state index is 14.2. The summed E-state index contributed by atoms with van der Waals surface area (Å²) in [6.07, 6.45) is 1.60. The maximum Gasteiger partial charge on any atom is 0.236 e. The van der Waals surface area contributed by atoms with Crippen molar-refractivity contribution in [1.29, 1.82) is 0 Å². The van der Waals surface area contributed by atoms with E-state index in [1.54, 1.807) is 18.2 Å². The van der Waals surface area contributed by atoms with E-state index < -0.39 is 11.2 Å². The summed E-state index contributed by atoms with van der Waals surface area (Å²) in [5, 5.41) is 7.71. The van der Waals surface area contributed by atoms with Crippen LogP contribution in [-0.4, -0.2) is 37.2 Å². The summed E-state index contributed by atoms with van der Waals surface area (Å²) in [4.78, 5) is 25.7. The molecule has 1 N–H and O–H groups in total. The van der Waals surface area contributed by atoms with Crippen LogP contribution in [0.25, 0.3) is 22.6 Å². The highest BCUT2D eigenvalue weighted by atomic mass is 19.1. The molecule has 10 heteroatoms. The molecule has 1 unspecified atom stereocenters. The first-order valence-corrected chi connectivity index (χ1v) is 10.1. The molecular formula is C22H16F2N6O2. The zero-order valence-corrected chi connectivity index (χ0v) is 16.9. The van der Waals surface area contributed by atoms with Gasteiger partial charge in [0.05, 0.1) is 35.7 Å². The van der Waals surface area contributed by atoms with Gasteiger partial charge in [0, 0.05) is 12.0 Å². The molecule has 8 nitrogen and oxygen atoms in total. The van der Waals surface area contributed by atoms with Crippen molar-refractivity contribution in [2.24, 2.45) is 0 Å². The highest BCUT2D eigenvalue weighted by Crippen LogP contribution is 2.47. The minimum atomic E-state index is -0.749. The number of benzene rings is 1. The van der Waals surface area contributed by atoms with Gasteiger partial charge >= 0.3 is 0 Å². The van der Waals surface area contributed by atoms with Crippen LogP contribution in [0.15, 0.2) is 36.5 Å². The average Bonchev–Trinajstić information content (AvgIpc) is 3.25. The van der Waals surface area contributed by atoms with Gasteiger partial charge in [-0.25, -0.2) is 23.4 Å². The number of nitrogens with zero attached hydrogens (tertiary/aromatic N) is 5. The first-order valence-electron chi connectivity index (χ1n) is 10.1. The number of anilines is 1. The Hall–Kier alpha value is -3.95. The lowest BCUT2D eigenvalue weighted by molar-refractivity contribution is -0.121. The quantitative estimate of drug-likeness (QED) is 0.532. The number of carbonyl (C=O) groups is 1. The summed E-state index contributed by atoms with van der Waals surface area (Å²) in [5.41, 5.74) is 0.904. The second-order valence-corrected chi connectivity index (χ2v) is 8.08. The molecule has 0 saturated carbocycles. The molecule has 4 aromatic rings. The van der Waals surface area contributed by atoms with Crippen LogP contribution in [0.1, 0.15) is 24.5 Å². The summed E-state index contributed by atoms with van der Waals surface area (Å²) in [7, 11) is 0. The van der Waals surface area contributed by atoms with Crippen LogP contribution in [0.2, 0.25) is 0 Å². The minimum absolute atomic E-state index is 0.0882. The predicted molar refractivity (Wildman–Crippen MR) is 110 cm³/mol. The standard InChI is InChI=1S/C22H16F2N6O2/c1-22-6-7-32-20-15(22)17(28-21(22)31)26-18(27-20)16-13-8-12(23)9-25-19(13)30(29-16)10-11-4-2-3-5-14(11)24/h2-5,8-9H,6-7,10H2,1H3,(H,26,27,28,31). The van der Waals surface area contributed by atoms with Crippen molar-refractivity contribution < 1.29 is 18.3 Å². The fourth-order valence-electron chi connectivity index (χ4n) is 4.29. The zero-order valence-electron chi connectivity index (χ0n) is 16.9. The lowest BCUT2D eigenvalue weighted by Gasteiger charge is -2.27. The van der Waals surface area contributed by atoms with Crippen molar-refractivity contribution in [3.8, 4) is 17.4 Å². The predicted octanol–water partition coefficient (Wildman–Crippen LogP) is 3.21. The average molecular weight is 434 g/mol. The molecule has 2 aliphatic heterocycles. The molecule has 1 atom stereocenters. The Morgan fingerprint density at radius 3 is 2.94 bits per heavy atom. The third-order valence-corrected chi connectivity index (χ3v) is 6.04. The summed E-state index contributed by atoms with van der Waals surface area (Å²) >= 11 is 0. The molecule has 0 aliphatic carbocycles. The molecule has 0 bridgehead atoms. The van der Waals surface area contributed by atoms with E-state index >= 15 is 0 Å². The molecule has 0 saturated heterocycles. The molecule has 2 aliphatic rings. The van der Waals surface area contributed by atoms with Gasteiger partial charge in [0.2, 0.25) is 11.8 Å². The van der Waals surface area contributed by atoms with Crippen LogP contribution in [0.4, 0.5) is 14.6 Å². The molecule has 0 radical (unpaired) electrons. The fraction of sp³-hybridized carbons (Fsp3) is 0.227. The van der Waals surface area contributed by atoms with Gasteiger partial charge < -0.3 is 10.1 Å². The smallest absolute Gasteiger partial charge is 0.236 e. The van der Waals surface area contributed by atoms with E-state index in [1.165, 1.54) is 16.8 Å². The van der Waals surface area contributed by atoms with E-state index in [2.05, 4.69) is 25.4 Å². The molecule has 1 aromatic carbocycles. The van der Waals surface area contributed by atoms with Crippen molar-refractivity contribution in [2.45, 2.75) is 25.3 Å². The number of amides is 1.